The molecule has 41 heavy (non-hydrogen) atoms. The molecule has 2 heterocycles. The van der Waals surface area contributed by atoms with Gasteiger partial charge in [-0.2, -0.15) is 0 Å². The summed E-state index contributed by atoms with van der Waals surface area (Å²) in [5.74, 6) is -2.79. The number of aliphatic hydroxyl groups is 1. The molecule has 0 bridgehead atoms. The Morgan fingerprint density at radius 2 is 1.88 bits per heavy atom. The minimum atomic E-state index is -2.37. The summed E-state index contributed by atoms with van der Waals surface area (Å²) in [6.07, 6.45) is 7.42. The van der Waals surface area contributed by atoms with Gasteiger partial charge >= 0.3 is 0 Å². The van der Waals surface area contributed by atoms with Gasteiger partial charge in [-0.05, 0) is 68.0 Å². The standard InChI is InChI=1S/C31H31ClF2N4O3/c32-24-15-27(37-29(39)18-5-4-12-35-16-18)26(36-21-6-3-7-21)13-19(24)17-38-28-9-2-1-8-22(28)31(41,30(38)40)23-14-20(33)10-11-25(23)34/h1-2,4-5,8-12,14,16,19,21,24,26-27,36,41H,3,6-7,13,15,17H2,(H,37,39)/t19-,24-,26-,27-,31-/m1/s1. The van der Waals surface area contributed by atoms with Crippen LogP contribution in [0.25, 0.3) is 0 Å². The highest BCUT2D eigenvalue weighted by Crippen LogP contribution is 2.46. The summed E-state index contributed by atoms with van der Waals surface area (Å²) in [6, 6.07) is 12.8. The highest BCUT2D eigenvalue weighted by Gasteiger charge is 2.53. The number of anilines is 1. The number of hydrogen-bond donors (Lipinski definition) is 3. The number of alkyl halides is 1. The predicted octanol–water partition coefficient (Wildman–Crippen LogP) is 4.27. The molecule has 2 saturated carbocycles. The molecule has 1 aromatic heterocycles. The van der Waals surface area contributed by atoms with Crippen LogP contribution in [0.3, 0.4) is 0 Å². The van der Waals surface area contributed by atoms with Crippen molar-refractivity contribution in [2.75, 3.05) is 11.4 Å². The first-order valence-corrected chi connectivity index (χ1v) is 14.4. The fraction of sp³-hybridized carbons (Fsp3) is 0.387. The van der Waals surface area contributed by atoms with E-state index in [1.54, 1.807) is 42.6 Å². The van der Waals surface area contributed by atoms with Gasteiger partial charge in [-0.3, -0.25) is 14.6 Å². The third kappa shape index (κ3) is 5.11. The van der Waals surface area contributed by atoms with E-state index in [0.717, 1.165) is 37.5 Å². The Morgan fingerprint density at radius 1 is 1.07 bits per heavy atom. The van der Waals surface area contributed by atoms with E-state index >= 15 is 0 Å². The second-order valence-electron chi connectivity index (χ2n) is 11.2. The number of aromatic nitrogens is 1. The van der Waals surface area contributed by atoms with Gasteiger partial charge in [0.2, 0.25) is 0 Å². The summed E-state index contributed by atoms with van der Waals surface area (Å²) >= 11 is 6.94. The van der Waals surface area contributed by atoms with Crippen molar-refractivity contribution in [1.82, 2.24) is 15.6 Å². The smallest absolute Gasteiger partial charge is 0.268 e. The quantitative estimate of drug-likeness (QED) is 0.363. The maximum absolute atomic E-state index is 14.9. The van der Waals surface area contributed by atoms with E-state index in [2.05, 4.69) is 15.6 Å². The number of rotatable bonds is 7. The van der Waals surface area contributed by atoms with E-state index in [4.69, 9.17) is 11.6 Å². The Hall–Kier alpha value is -3.40. The summed E-state index contributed by atoms with van der Waals surface area (Å²) in [7, 11) is 0. The third-order valence-corrected chi connectivity index (χ3v) is 9.24. The monoisotopic (exact) mass is 580 g/mol. The third-order valence-electron chi connectivity index (χ3n) is 8.70. The SMILES string of the molecule is O=C(N[C@@H]1C[C@@H](Cl)[C@@H](CN2C(=O)[C@](O)(c3cc(F)ccc3F)c3ccccc32)C[C@H]1NC1CCC1)c1cccnc1. The van der Waals surface area contributed by atoms with Gasteiger partial charge in [-0.15, -0.1) is 11.6 Å². The van der Waals surface area contributed by atoms with Gasteiger partial charge in [0.15, 0.2) is 5.60 Å². The van der Waals surface area contributed by atoms with Crippen molar-refractivity contribution in [3.05, 3.63) is 95.3 Å². The van der Waals surface area contributed by atoms with Gasteiger partial charge in [0.1, 0.15) is 11.6 Å². The lowest BCUT2D eigenvalue weighted by molar-refractivity contribution is -0.132. The molecule has 0 saturated heterocycles. The van der Waals surface area contributed by atoms with Crippen molar-refractivity contribution in [2.45, 2.75) is 61.2 Å². The van der Waals surface area contributed by atoms with Gasteiger partial charge in [0.05, 0.1) is 11.3 Å². The Labute approximate surface area is 241 Å². The average molecular weight is 581 g/mol. The lowest BCUT2D eigenvalue weighted by atomic mass is 9.79. The van der Waals surface area contributed by atoms with E-state index in [-0.39, 0.29) is 36.0 Å². The van der Waals surface area contributed by atoms with Gasteiger partial charge < -0.3 is 20.6 Å². The van der Waals surface area contributed by atoms with E-state index in [1.165, 1.54) is 11.1 Å². The summed E-state index contributed by atoms with van der Waals surface area (Å²) in [4.78, 5) is 32.3. The van der Waals surface area contributed by atoms with E-state index in [9.17, 15) is 23.5 Å². The Bertz CT molecular complexity index is 1460. The van der Waals surface area contributed by atoms with Crippen molar-refractivity contribution >= 4 is 29.1 Å². The number of carbonyl (C=O) groups excluding carboxylic acids is 2. The fourth-order valence-corrected chi connectivity index (χ4v) is 6.66. The molecule has 10 heteroatoms. The largest absolute Gasteiger partial charge is 0.372 e. The zero-order valence-corrected chi connectivity index (χ0v) is 23.0. The molecule has 2 aliphatic carbocycles. The summed E-state index contributed by atoms with van der Waals surface area (Å²) in [5, 5.41) is 18.1. The number of carbonyl (C=O) groups is 2. The Balaban J connectivity index is 1.26. The van der Waals surface area contributed by atoms with Gasteiger partial charge in [-0.25, -0.2) is 8.78 Å². The lowest BCUT2D eigenvalue weighted by Crippen LogP contribution is -2.59. The summed E-state index contributed by atoms with van der Waals surface area (Å²) < 4.78 is 29.0. The molecular weight excluding hydrogens is 550 g/mol. The van der Waals surface area contributed by atoms with Crippen molar-refractivity contribution in [2.24, 2.45) is 5.92 Å². The lowest BCUT2D eigenvalue weighted by Gasteiger charge is -2.44. The Morgan fingerprint density at radius 3 is 2.61 bits per heavy atom. The summed E-state index contributed by atoms with van der Waals surface area (Å²) in [6.45, 7) is 0.176. The number of para-hydroxylation sites is 1. The van der Waals surface area contributed by atoms with Crippen LogP contribution in [-0.2, 0) is 10.4 Å². The van der Waals surface area contributed by atoms with Crippen molar-refractivity contribution < 1.29 is 23.5 Å². The highest BCUT2D eigenvalue weighted by atomic mass is 35.5. The van der Waals surface area contributed by atoms with E-state index in [0.29, 0.717) is 30.1 Å². The number of fused-ring (bicyclic) bond motifs is 1. The molecule has 214 valence electrons. The minimum absolute atomic E-state index is 0.0894. The molecule has 7 nitrogen and oxygen atoms in total. The van der Waals surface area contributed by atoms with Gasteiger partial charge in [0.25, 0.3) is 11.8 Å². The molecule has 2 fully saturated rings. The molecule has 0 radical (unpaired) electrons. The minimum Gasteiger partial charge on any atom is -0.372 e. The number of amides is 2. The molecule has 0 spiro atoms. The van der Waals surface area contributed by atoms with Crippen LogP contribution in [0.15, 0.2) is 67.0 Å². The van der Waals surface area contributed by atoms with Crippen LogP contribution in [0.4, 0.5) is 14.5 Å². The van der Waals surface area contributed by atoms with Crippen LogP contribution in [-0.4, -0.2) is 52.0 Å². The van der Waals surface area contributed by atoms with Crippen LogP contribution in [0.5, 0.6) is 0 Å². The molecule has 3 N–H and O–H groups in total. The second kappa shape index (κ2) is 11.1. The zero-order valence-electron chi connectivity index (χ0n) is 22.3. The number of pyridine rings is 1. The first-order valence-electron chi connectivity index (χ1n) is 14.0. The molecule has 1 aliphatic heterocycles. The second-order valence-corrected chi connectivity index (χ2v) is 11.8. The molecule has 2 amide bonds. The molecular formula is C31H31ClF2N4O3. The van der Waals surface area contributed by atoms with E-state index in [1.807, 2.05) is 0 Å². The van der Waals surface area contributed by atoms with E-state index < -0.39 is 34.1 Å². The first-order chi connectivity index (χ1) is 19.8. The van der Waals surface area contributed by atoms with Crippen molar-refractivity contribution in [1.29, 1.82) is 0 Å². The predicted molar refractivity (Wildman–Crippen MR) is 151 cm³/mol. The number of hydrogen-bond acceptors (Lipinski definition) is 5. The van der Waals surface area contributed by atoms with Crippen LogP contribution < -0.4 is 15.5 Å². The number of halogens is 3. The maximum atomic E-state index is 14.9. The molecule has 5 atom stereocenters. The first kappa shape index (κ1) is 27.8. The Kier molecular flexibility index (Phi) is 7.52. The normalized spacial score (nSPS) is 27.8. The van der Waals surface area contributed by atoms with Gasteiger partial charge in [-0.1, -0.05) is 24.6 Å². The highest BCUT2D eigenvalue weighted by molar-refractivity contribution is 6.21. The molecule has 3 aliphatic rings. The number of benzene rings is 2. The van der Waals surface area contributed by atoms with Crippen molar-refractivity contribution in [3.8, 4) is 0 Å². The van der Waals surface area contributed by atoms with Crippen LogP contribution in [0.2, 0.25) is 0 Å². The summed E-state index contributed by atoms with van der Waals surface area (Å²) in [5.41, 5.74) is -1.70. The van der Waals surface area contributed by atoms with Gasteiger partial charge in [0, 0.05) is 53.6 Å². The topological polar surface area (TPSA) is 94.6 Å². The van der Waals surface area contributed by atoms with Crippen LogP contribution in [0, 0.1) is 17.6 Å². The number of nitrogens with one attached hydrogen (secondary N) is 2. The molecule has 6 rings (SSSR count). The fourth-order valence-electron chi connectivity index (χ4n) is 6.28. The maximum Gasteiger partial charge on any atom is 0.268 e. The molecule has 2 aromatic carbocycles. The van der Waals surface area contributed by atoms with Crippen LogP contribution in [0.1, 0.15) is 53.6 Å². The number of nitrogens with zero attached hydrogens (tertiary/aromatic N) is 2. The molecule has 0 unspecified atom stereocenters. The average Bonchev–Trinajstić information content (AvgIpc) is 3.17. The van der Waals surface area contributed by atoms with Crippen molar-refractivity contribution in [3.63, 3.8) is 0 Å². The molecule has 3 aromatic rings. The van der Waals surface area contributed by atoms with Crippen LogP contribution >= 0.6 is 11.6 Å². The zero-order chi connectivity index (χ0) is 28.7.